The number of hydrogen-bond donors (Lipinski definition) is 0. The van der Waals surface area contributed by atoms with Crippen LogP contribution in [-0.4, -0.2) is 23.1 Å². The van der Waals surface area contributed by atoms with Gasteiger partial charge in [0.2, 0.25) is 0 Å². The predicted molar refractivity (Wildman–Crippen MR) is 104 cm³/mol. The van der Waals surface area contributed by atoms with E-state index < -0.39 is 5.60 Å². The minimum absolute atomic E-state index is 0.0109. The Morgan fingerprint density at radius 3 is 2.46 bits per heavy atom. The molecule has 3 saturated carbocycles. The van der Waals surface area contributed by atoms with Crippen molar-refractivity contribution in [2.75, 3.05) is 0 Å². The number of Topliss-reactive ketones (excluding diaryl/α,β-unsaturated/α-hetero) is 1. The molecule has 0 saturated heterocycles. The van der Waals surface area contributed by atoms with E-state index in [0.29, 0.717) is 35.9 Å². The molecule has 8 atom stereocenters. The van der Waals surface area contributed by atoms with Gasteiger partial charge in [-0.3, -0.25) is 14.4 Å². The highest BCUT2D eigenvalue weighted by atomic mass is 16.6. The standard InChI is InChI=1S/C24H30O4/c1-13(25)24(28-14(2)26)10-8-18-16-6-5-15-11-21(27)17-12-20(17)23(15,4)19(16)7-9-22(18,24)3/h5-6,11,16-20H,7-10,12H2,1-4H3/t16?,17-,18?,19?,20+,22+,23+,24+/m1/s1. The Hall–Kier alpha value is -1.71. The van der Waals surface area contributed by atoms with Gasteiger partial charge in [-0.05, 0) is 79.8 Å². The highest BCUT2D eigenvalue weighted by Crippen LogP contribution is 2.71. The number of ketones is 2. The highest BCUT2D eigenvalue weighted by Gasteiger charge is 2.69. The largest absolute Gasteiger partial charge is 0.451 e. The number of allylic oxidation sites excluding steroid dienone is 4. The molecule has 3 unspecified atom stereocenters. The molecule has 5 aliphatic rings. The molecule has 0 N–H and O–H groups in total. The van der Waals surface area contributed by atoms with Crippen molar-refractivity contribution in [3.63, 3.8) is 0 Å². The summed E-state index contributed by atoms with van der Waals surface area (Å²) >= 11 is 0. The Morgan fingerprint density at radius 1 is 1.07 bits per heavy atom. The van der Waals surface area contributed by atoms with Crippen molar-refractivity contribution in [3.8, 4) is 0 Å². The average Bonchev–Trinajstić information content (AvgIpc) is 3.37. The van der Waals surface area contributed by atoms with Gasteiger partial charge in [-0.2, -0.15) is 0 Å². The first-order valence-corrected chi connectivity index (χ1v) is 10.8. The molecule has 0 radical (unpaired) electrons. The fourth-order valence-electron chi connectivity index (χ4n) is 7.96. The lowest BCUT2D eigenvalue weighted by atomic mass is 9.47. The molecule has 4 heteroatoms. The second-order valence-corrected chi connectivity index (χ2v) is 10.4. The topological polar surface area (TPSA) is 60.4 Å². The molecule has 0 amide bonds. The van der Waals surface area contributed by atoms with Crippen LogP contribution in [-0.2, 0) is 19.1 Å². The number of carbonyl (C=O) groups excluding carboxylic acids is 3. The van der Waals surface area contributed by atoms with Crippen LogP contribution in [0, 0.1) is 40.4 Å². The molecule has 0 aromatic heterocycles. The summed E-state index contributed by atoms with van der Waals surface area (Å²) in [7, 11) is 0. The van der Waals surface area contributed by atoms with Gasteiger partial charge in [0.15, 0.2) is 17.2 Å². The van der Waals surface area contributed by atoms with Gasteiger partial charge in [-0.25, -0.2) is 0 Å². The summed E-state index contributed by atoms with van der Waals surface area (Å²) in [5.74, 6) is 1.87. The quantitative estimate of drug-likeness (QED) is 0.676. The molecule has 5 aliphatic carbocycles. The molecule has 4 nitrogen and oxygen atoms in total. The van der Waals surface area contributed by atoms with E-state index in [-0.39, 0.29) is 28.5 Å². The molecular weight excluding hydrogens is 352 g/mol. The lowest BCUT2D eigenvalue weighted by molar-refractivity contribution is -0.185. The first-order chi connectivity index (χ1) is 13.1. The van der Waals surface area contributed by atoms with Gasteiger partial charge in [-0.15, -0.1) is 0 Å². The summed E-state index contributed by atoms with van der Waals surface area (Å²) < 4.78 is 5.82. The third kappa shape index (κ3) is 1.99. The number of fused-ring (bicyclic) bond motifs is 7. The lowest BCUT2D eigenvalue weighted by Crippen LogP contribution is -2.58. The van der Waals surface area contributed by atoms with Gasteiger partial charge in [0.05, 0.1) is 0 Å². The van der Waals surface area contributed by atoms with Crippen LogP contribution in [0.25, 0.3) is 0 Å². The van der Waals surface area contributed by atoms with Gasteiger partial charge in [0.25, 0.3) is 0 Å². The SMILES string of the molecule is CC(=O)O[C@]1(C(C)=O)CCC2C3C=CC4=CC(=O)[C@@H]5C[C@@H]5[C@]4(C)C3CC[C@@]21C. The zero-order chi connectivity index (χ0) is 20.1. The van der Waals surface area contributed by atoms with Crippen molar-refractivity contribution < 1.29 is 19.1 Å². The van der Waals surface area contributed by atoms with Crippen LogP contribution in [0.4, 0.5) is 0 Å². The lowest BCUT2D eigenvalue weighted by Gasteiger charge is -2.57. The van der Waals surface area contributed by atoms with Crippen molar-refractivity contribution in [2.45, 2.75) is 65.4 Å². The van der Waals surface area contributed by atoms with Crippen molar-refractivity contribution in [3.05, 3.63) is 23.8 Å². The van der Waals surface area contributed by atoms with Crippen molar-refractivity contribution in [1.29, 1.82) is 0 Å². The summed E-state index contributed by atoms with van der Waals surface area (Å²) in [4.78, 5) is 37.0. The molecule has 3 fully saturated rings. The number of carbonyl (C=O) groups is 3. The van der Waals surface area contributed by atoms with Crippen LogP contribution >= 0.6 is 0 Å². The van der Waals surface area contributed by atoms with Gasteiger partial charge in [0.1, 0.15) is 0 Å². The molecule has 150 valence electrons. The summed E-state index contributed by atoms with van der Waals surface area (Å²) in [5, 5.41) is 0. The Balaban J connectivity index is 1.56. The van der Waals surface area contributed by atoms with E-state index in [9.17, 15) is 14.4 Å². The van der Waals surface area contributed by atoms with Crippen LogP contribution in [0.2, 0.25) is 0 Å². The molecule has 0 aromatic rings. The van der Waals surface area contributed by atoms with Gasteiger partial charge < -0.3 is 4.74 Å². The summed E-state index contributed by atoms with van der Waals surface area (Å²) in [6, 6.07) is 0. The van der Waals surface area contributed by atoms with Crippen LogP contribution in [0.1, 0.15) is 59.8 Å². The summed E-state index contributed by atoms with van der Waals surface area (Å²) in [5.41, 5.74) is -0.00957. The Bertz CT molecular complexity index is 853. The maximum atomic E-state index is 12.8. The van der Waals surface area contributed by atoms with Crippen LogP contribution in [0.3, 0.4) is 0 Å². The third-order valence-electron chi connectivity index (χ3n) is 9.45. The van der Waals surface area contributed by atoms with E-state index in [1.807, 2.05) is 6.08 Å². The minimum atomic E-state index is -0.982. The molecule has 0 spiro atoms. The predicted octanol–water partition coefficient (Wildman–Crippen LogP) is 4.04. The average molecular weight is 383 g/mol. The number of esters is 1. The molecule has 28 heavy (non-hydrogen) atoms. The summed E-state index contributed by atoms with van der Waals surface area (Å²) in [6.45, 7) is 7.55. The van der Waals surface area contributed by atoms with Crippen molar-refractivity contribution in [1.82, 2.24) is 0 Å². The van der Waals surface area contributed by atoms with Crippen molar-refractivity contribution in [2.24, 2.45) is 40.4 Å². The fraction of sp³-hybridized carbons (Fsp3) is 0.708. The highest BCUT2D eigenvalue weighted by molar-refractivity contribution is 5.97. The molecule has 0 bridgehead atoms. The smallest absolute Gasteiger partial charge is 0.303 e. The monoisotopic (exact) mass is 382 g/mol. The van der Waals surface area contributed by atoms with E-state index in [0.717, 1.165) is 25.7 Å². The van der Waals surface area contributed by atoms with Gasteiger partial charge in [0, 0.05) is 18.3 Å². The second-order valence-electron chi connectivity index (χ2n) is 10.4. The minimum Gasteiger partial charge on any atom is -0.451 e. The normalized spacial score (nSPS) is 50.6. The van der Waals surface area contributed by atoms with E-state index in [4.69, 9.17) is 4.74 Å². The van der Waals surface area contributed by atoms with Crippen LogP contribution in [0.15, 0.2) is 23.8 Å². The molecule has 0 heterocycles. The number of hydrogen-bond acceptors (Lipinski definition) is 4. The third-order valence-corrected chi connectivity index (χ3v) is 9.45. The van der Waals surface area contributed by atoms with E-state index >= 15 is 0 Å². The van der Waals surface area contributed by atoms with Crippen LogP contribution < -0.4 is 0 Å². The first-order valence-electron chi connectivity index (χ1n) is 10.8. The van der Waals surface area contributed by atoms with Gasteiger partial charge in [-0.1, -0.05) is 26.0 Å². The zero-order valence-corrected chi connectivity index (χ0v) is 17.3. The molecule has 5 rings (SSSR count). The Kier molecular flexibility index (Phi) is 3.57. The maximum absolute atomic E-state index is 12.8. The van der Waals surface area contributed by atoms with E-state index in [1.165, 1.54) is 12.5 Å². The van der Waals surface area contributed by atoms with E-state index in [2.05, 4.69) is 26.0 Å². The maximum Gasteiger partial charge on any atom is 0.303 e. The van der Waals surface area contributed by atoms with Crippen LogP contribution in [0.5, 0.6) is 0 Å². The second kappa shape index (κ2) is 5.46. The zero-order valence-electron chi connectivity index (χ0n) is 17.3. The molecule has 0 aliphatic heterocycles. The first kappa shape index (κ1) is 18.3. The number of rotatable bonds is 2. The molecular formula is C24H30O4. The van der Waals surface area contributed by atoms with Gasteiger partial charge >= 0.3 is 5.97 Å². The number of ether oxygens (including phenoxy) is 1. The van der Waals surface area contributed by atoms with E-state index in [1.54, 1.807) is 6.92 Å². The van der Waals surface area contributed by atoms with Crippen molar-refractivity contribution >= 4 is 17.5 Å². The Morgan fingerprint density at radius 2 is 1.79 bits per heavy atom. The molecule has 0 aromatic carbocycles. The Labute approximate surface area is 166 Å². The summed E-state index contributed by atoms with van der Waals surface area (Å²) in [6.07, 6.45) is 10.9. The fourth-order valence-corrected chi connectivity index (χ4v) is 7.96.